The number of hydrogen-bond acceptors (Lipinski definition) is 6. The molecule has 0 radical (unpaired) electrons. The Kier molecular flexibility index (Phi) is 6.72. The van der Waals surface area contributed by atoms with Crippen molar-refractivity contribution in [3.63, 3.8) is 0 Å². The van der Waals surface area contributed by atoms with Gasteiger partial charge >= 0.3 is 5.69 Å². The second kappa shape index (κ2) is 9.00. The molecule has 0 fully saturated rings. The molecule has 1 amide bonds. The van der Waals surface area contributed by atoms with Crippen molar-refractivity contribution in [1.82, 2.24) is 14.9 Å². The van der Waals surface area contributed by atoms with Gasteiger partial charge in [0, 0.05) is 19.4 Å². The van der Waals surface area contributed by atoms with Crippen LogP contribution in [0, 0.1) is 0 Å². The van der Waals surface area contributed by atoms with Gasteiger partial charge in [0.2, 0.25) is 0 Å². The first-order chi connectivity index (χ1) is 12.1. The van der Waals surface area contributed by atoms with E-state index in [1.54, 1.807) is 12.1 Å². The van der Waals surface area contributed by atoms with Gasteiger partial charge in [-0.25, -0.2) is 4.79 Å². The molecule has 0 aliphatic heterocycles. The number of amides is 1. The van der Waals surface area contributed by atoms with E-state index in [4.69, 9.17) is 13.9 Å². The highest BCUT2D eigenvalue weighted by atomic mass is 16.7. The van der Waals surface area contributed by atoms with Crippen molar-refractivity contribution in [2.24, 2.45) is 0 Å². The van der Waals surface area contributed by atoms with Gasteiger partial charge in [-0.3, -0.25) is 14.2 Å². The predicted octanol–water partition coefficient (Wildman–Crippen LogP) is 0.307. The molecule has 0 aliphatic rings. The van der Waals surface area contributed by atoms with Crippen LogP contribution in [0.3, 0.4) is 0 Å². The van der Waals surface area contributed by atoms with Gasteiger partial charge in [-0.15, -0.1) is 0 Å². The monoisotopic (exact) mass is 351 g/mol. The van der Waals surface area contributed by atoms with Gasteiger partial charge < -0.3 is 24.2 Å². The van der Waals surface area contributed by atoms with Gasteiger partial charge in [0.25, 0.3) is 11.5 Å². The van der Waals surface area contributed by atoms with E-state index in [2.05, 4.69) is 10.3 Å². The average Bonchev–Trinajstić information content (AvgIpc) is 3.10. The number of carbonyl (C=O) groups excluding carboxylic acids is 1. The minimum absolute atomic E-state index is 0.0667. The molecule has 0 aliphatic carbocycles. The summed E-state index contributed by atoms with van der Waals surface area (Å²) in [5.41, 5.74) is -1.51. The van der Waals surface area contributed by atoms with Gasteiger partial charge in [0.1, 0.15) is 11.3 Å². The molecule has 0 aromatic carbocycles. The number of nitrogens with zero attached hydrogens (tertiary/aromatic N) is 1. The van der Waals surface area contributed by atoms with Crippen LogP contribution in [-0.2, 0) is 16.0 Å². The number of H-pyrrole nitrogens is 1. The third-order valence-corrected chi connectivity index (χ3v) is 3.33. The van der Waals surface area contributed by atoms with Gasteiger partial charge in [-0.1, -0.05) is 0 Å². The van der Waals surface area contributed by atoms with E-state index in [1.165, 1.54) is 6.26 Å². The molecule has 0 saturated carbocycles. The minimum atomic E-state index is -0.706. The Morgan fingerprint density at radius 2 is 2.04 bits per heavy atom. The molecular formula is C16H21N3O6. The standard InChI is InChI=1S/C16H21N3O6/c1-3-23-13(24-4-2)9-17-14(20)12-8-18-16(22)19(15(12)21)10-11-6-5-7-25-11/h5-8,13H,3-4,9-10H2,1-2H3,(H,17,20)(H,18,22). The van der Waals surface area contributed by atoms with Crippen LogP contribution in [0.2, 0.25) is 0 Å². The zero-order valence-electron chi connectivity index (χ0n) is 14.1. The number of carbonyl (C=O) groups is 1. The van der Waals surface area contributed by atoms with Crippen molar-refractivity contribution in [2.45, 2.75) is 26.7 Å². The Hall–Kier alpha value is -2.65. The first-order valence-corrected chi connectivity index (χ1v) is 7.93. The van der Waals surface area contributed by atoms with Crippen LogP contribution in [-0.4, -0.2) is 41.5 Å². The number of hydrogen-bond donors (Lipinski definition) is 2. The van der Waals surface area contributed by atoms with Gasteiger partial charge in [0.05, 0.1) is 19.4 Å². The van der Waals surface area contributed by atoms with E-state index < -0.39 is 23.4 Å². The highest BCUT2D eigenvalue weighted by molar-refractivity contribution is 5.93. The summed E-state index contributed by atoms with van der Waals surface area (Å²) in [6, 6.07) is 3.28. The quantitative estimate of drug-likeness (QED) is 0.628. The lowest BCUT2D eigenvalue weighted by molar-refractivity contribution is -0.131. The van der Waals surface area contributed by atoms with Crippen LogP contribution >= 0.6 is 0 Å². The molecule has 2 N–H and O–H groups in total. The fourth-order valence-electron chi connectivity index (χ4n) is 2.18. The minimum Gasteiger partial charge on any atom is -0.467 e. The van der Waals surface area contributed by atoms with Crippen molar-refractivity contribution in [3.05, 3.63) is 56.8 Å². The summed E-state index contributed by atoms with van der Waals surface area (Å²) in [6.07, 6.45) is 1.92. The van der Waals surface area contributed by atoms with Crippen molar-refractivity contribution in [3.8, 4) is 0 Å². The van der Waals surface area contributed by atoms with E-state index in [1.807, 2.05) is 13.8 Å². The maximum Gasteiger partial charge on any atom is 0.328 e. The van der Waals surface area contributed by atoms with Crippen molar-refractivity contribution in [1.29, 1.82) is 0 Å². The number of ether oxygens (including phenoxy) is 2. The highest BCUT2D eigenvalue weighted by Crippen LogP contribution is 2.00. The Labute approximate surface area is 143 Å². The maximum atomic E-state index is 12.4. The molecule has 0 unspecified atom stereocenters. The van der Waals surface area contributed by atoms with Crippen LogP contribution in [0.1, 0.15) is 30.0 Å². The van der Waals surface area contributed by atoms with Gasteiger partial charge in [0.15, 0.2) is 6.29 Å². The summed E-state index contributed by atoms with van der Waals surface area (Å²) in [5.74, 6) is -0.197. The summed E-state index contributed by atoms with van der Waals surface area (Å²) >= 11 is 0. The van der Waals surface area contributed by atoms with E-state index in [0.717, 1.165) is 10.8 Å². The fraction of sp³-hybridized carbons (Fsp3) is 0.438. The van der Waals surface area contributed by atoms with E-state index in [-0.39, 0.29) is 18.7 Å². The van der Waals surface area contributed by atoms with Crippen molar-refractivity contribution in [2.75, 3.05) is 19.8 Å². The number of aromatic nitrogens is 2. The van der Waals surface area contributed by atoms with E-state index in [0.29, 0.717) is 19.0 Å². The smallest absolute Gasteiger partial charge is 0.328 e. The number of rotatable bonds is 9. The number of aromatic amines is 1. The summed E-state index contributed by atoms with van der Waals surface area (Å²) < 4.78 is 16.7. The van der Waals surface area contributed by atoms with Crippen molar-refractivity contribution >= 4 is 5.91 Å². The lowest BCUT2D eigenvalue weighted by atomic mass is 10.3. The third-order valence-electron chi connectivity index (χ3n) is 3.33. The summed E-state index contributed by atoms with van der Waals surface area (Å²) in [5, 5.41) is 2.57. The molecule has 2 rings (SSSR count). The van der Waals surface area contributed by atoms with E-state index >= 15 is 0 Å². The Bertz CT molecular complexity index is 787. The zero-order chi connectivity index (χ0) is 18.2. The van der Waals surface area contributed by atoms with E-state index in [9.17, 15) is 14.4 Å². The molecule has 9 nitrogen and oxygen atoms in total. The highest BCUT2D eigenvalue weighted by Gasteiger charge is 2.17. The molecule has 9 heteroatoms. The Morgan fingerprint density at radius 3 is 2.64 bits per heavy atom. The topological polar surface area (TPSA) is 116 Å². The maximum absolute atomic E-state index is 12.4. The molecule has 0 saturated heterocycles. The van der Waals surface area contributed by atoms with Crippen LogP contribution in [0.25, 0.3) is 0 Å². The second-order valence-electron chi connectivity index (χ2n) is 5.03. The second-order valence-corrected chi connectivity index (χ2v) is 5.03. The van der Waals surface area contributed by atoms with Crippen LogP contribution in [0.4, 0.5) is 0 Å². The Morgan fingerprint density at radius 1 is 1.32 bits per heavy atom. The molecule has 2 aromatic heterocycles. The largest absolute Gasteiger partial charge is 0.467 e. The average molecular weight is 351 g/mol. The SMILES string of the molecule is CCOC(CNC(=O)c1c[nH]c(=O)n(Cc2ccco2)c1=O)OCC. The molecule has 136 valence electrons. The first-order valence-electron chi connectivity index (χ1n) is 7.93. The van der Waals surface area contributed by atoms with Crippen LogP contribution < -0.4 is 16.6 Å². The molecule has 25 heavy (non-hydrogen) atoms. The van der Waals surface area contributed by atoms with Crippen LogP contribution in [0.15, 0.2) is 38.6 Å². The molecular weight excluding hydrogens is 330 g/mol. The molecule has 2 heterocycles. The van der Waals surface area contributed by atoms with Crippen molar-refractivity contribution < 1.29 is 18.7 Å². The normalized spacial score (nSPS) is 11.0. The van der Waals surface area contributed by atoms with Gasteiger partial charge in [-0.05, 0) is 26.0 Å². The lowest BCUT2D eigenvalue weighted by Crippen LogP contribution is -2.42. The fourth-order valence-corrected chi connectivity index (χ4v) is 2.18. The number of furan rings is 1. The molecule has 0 spiro atoms. The molecule has 0 bridgehead atoms. The number of nitrogens with one attached hydrogen (secondary N) is 2. The summed E-state index contributed by atoms with van der Waals surface area (Å²) in [7, 11) is 0. The third kappa shape index (κ3) is 4.91. The summed E-state index contributed by atoms with van der Waals surface area (Å²) in [6.45, 7) is 4.48. The first kappa shape index (κ1) is 18.7. The zero-order valence-corrected chi connectivity index (χ0v) is 14.1. The molecule has 0 atom stereocenters. The Balaban J connectivity index is 2.14. The predicted molar refractivity (Wildman–Crippen MR) is 88.5 cm³/mol. The lowest BCUT2D eigenvalue weighted by Gasteiger charge is -2.17. The van der Waals surface area contributed by atoms with Crippen LogP contribution in [0.5, 0.6) is 0 Å². The molecule has 2 aromatic rings. The summed E-state index contributed by atoms with van der Waals surface area (Å²) in [4.78, 5) is 38.9. The van der Waals surface area contributed by atoms with Gasteiger partial charge in [-0.2, -0.15) is 0 Å².